The first-order chi connectivity index (χ1) is 13.3. The Morgan fingerprint density at radius 3 is 2.48 bits per heavy atom. The van der Waals surface area contributed by atoms with Crippen molar-refractivity contribution in [2.75, 3.05) is 25.9 Å². The molecule has 0 spiro atoms. The largest absolute Gasteiger partial charge is 0.444 e. The second-order valence-corrected chi connectivity index (χ2v) is 9.22. The van der Waals surface area contributed by atoms with Crippen LogP contribution in [0.4, 0.5) is 4.79 Å². The molecule has 29 heavy (non-hydrogen) atoms. The number of ether oxygens (including phenoxy) is 1. The van der Waals surface area contributed by atoms with Gasteiger partial charge in [-0.05, 0) is 39.3 Å². The van der Waals surface area contributed by atoms with Gasteiger partial charge < -0.3 is 15.0 Å². The molecule has 1 N–H and O–H groups in total. The van der Waals surface area contributed by atoms with Crippen LogP contribution >= 0.6 is 0 Å². The topological polar surface area (TPSA) is 115 Å². The third-order valence-electron chi connectivity index (χ3n) is 3.74. The van der Waals surface area contributed by atoms with E-state index in [1.54, 1.807) is 46.8 Å². The maximum absolute atomic E-state index is 12.4. The molecule has 164 valence electrons. The molecule has 1 aromatic heterocycles. The van der Waals surface area contributed by atoms with E-state index in [0.29, 0.717) is 5.69 Å². The first kappa shape index (κ1) is 24.8. The zero-order valence-corrected chi connectivity index (χ0v) is 18.7. The lowest BCUT2D eigenvalue weighted by atomic mass is 10.1. The Morgan fingerprint density at radius 1 is 1.31 bits per heavy atom. The molecule has 0 saturated heterocycles. The molecule has 0 aromatic carbocycles. The summed E-state index contributed by atoms with van der Waals surface area (Å²) in [5, 5.41) is 2.59. The van der Waals surface area contributed by atoms with Gasteiger partial charge in [0.25, 0.3) is 10.1 Å². The van der Waals surface area contributed by atoms with E-state index in [1.807, 2.05) is 0 Å². The first-order valence-electron chi connectivity index (χ1n) is 9.36. The van der Waals surface area contributed by atoms with Crippen LogP contribution in [0, 0.1) is 6.92 Å². The van der Waals surface area contributed by atoms with Gasteiger partial charge >= 0.3 is 6.09 Å². The fourth-order valence-corrected chi connectivity index (χ4v) is 3.13. The maximum Gasteiger partial charge on any atom is 0.407 e. The summed E-state index contributed by atoms with van der Waals surface area (Å²) >= 11 is 0. The summed E-state index contributed by atoms with van der Waals surface area (Å²) in [6.07, 6.45) is 1.17. The lowest BCUT2D eigenvalue weighted by Crippen LogP contribution is -2.42. The second kappa shape index (κ2) is 10.5. The highest BCUT2D eigenvalue weighted by Crippen LogP contribution is 2.22. The Kier molecular flexibility index (Phi) is 9.03. The minimum absolute atomic E-state index is 0.0202. The Labute approximate surface area is 172 Å². The van der Waals surface area contributed by atoms with Gasteiger partial charge in [-0.25, -0.2) is 4.79 Å². The SMILES string of the molecule is CCC(=O)N(CCNC(=O)OC(C)(C)C)C[C@H](OS(C)(=O)=O)c1ncccc1C. The molecular weight excluding hydrogens is 398 g/mol. The normalized spacial score (nSPS) is 12.9. The molecule has 1 rings (SSSR count). The Bertz CT molecular complexity index is 804. The smallest absolute Gasteiger partial charge is 0.407 e. The number of pyridine rings is 1. The standard InChI is InChI=1S/C19H31N3O6S/c1-7-16(23)22(12-11-21-18(24)27-19(3,4)5)13-15(28-29(6,25)26)17-14(2)9-8-10-20-17/h8-10,15H,7,11-13H2,1-6H3,(H,21,24)/t15-/m0/s1. The lowest BCUT2D eigenvalue weighted by molar-refractivity contribution is -0.132. The third kappa shape index (κ3) is 9.71. The number of nitrogens with zero attached hydrogens (tertiary/aromatic N) is 2. The van der Waals surface area contributed by atoms with E-state index in [2.05, 4.69) is 10.3 Å². The van der Waals surface area contributed by atoms with Crippen molar-refractivity contribution in [3.05, 3.63) is 29.6 Å². The highest BCUT2D eigenvalue weighted by molar-refractivity contribution is 7.86. The van der Waals surface area contributed by atoms with Gasteiger partial charge in [0.15, 0.2) is 0 Å². The lowest BCUT2D eigenvalue weighted by Gasteiger charge is -2.27. The summed E-state index contributed by atoms with van der Waals surface area (Å²) in [5.41, 5.74) is 0.553. The van der Waals surface area contributed by atoms with Crippen molar-refractivity contribution in [1.29, 1.82) is 0 Å². The number of hydrogen-bond acceptors (Lipinski definition) is 7. The number of carbonyl (C=O) groups excluding carboxylic acids is 2. The number of carbonyl (C=O) groups is 2. The molecule has 0 unspecified atom stereocenters. The van der Waals surface area contributed by atoms with Crippen molar-refractivity contribution >= 4 is 22.1 Å². The maximum atomic E-state index is 12.4. The van der Waals surface area contributed by atoms with Crippen LogP contribution in [0.5, 0.6) is 0 Å². The third-order valence-corrected chi connectivity index (χ3v) is 4.32. The monoisotopic (exact) mass is 429 g/mol. The van der Waals surface area contributed by atoms with Crippen LogP contribution in [-0.4, -0.2) is 61.8 Å². The highest BCUT2D eigenvalue weighted by Gasteiger charge is 2.26. The van der Waals surface area contributed by atoms with Gasteiger partial charge in [0.1, 0.15) is 11.7 Å². The molecule has 2 amide bonds. The van der Waals surface area contributed by atoms with Crippen LogP contribution in [0.25, 0.3) is 0 Å². The number of rotatable bonds is 9. The average Bonchev–Trinajstić information content (AvgIpc) is 2.57. The Balaban J connectivity index is 2.92. The molecule has 0 bridgehead atoms. The molecule has 9 nitrogen and oxygen atoms in total. The summed E-state index contributed by atoms with van der Waals surface area (Å²) in [6.45, 7) is 9.04. The van der Waals surface area contributed by atoms with Crippen molar-refractivity contribution in [1.82, 2.24) is 15.2 Å². The first-order valence-corrected chi connectivity index (χ1v) is 11.2. The van der Waals surface area contributed by atoms with E-state index in [9.17, 15) is 18.0 Å². The van der Waals surface area contributed by atoms with Gasteiger partial charge in [-0.1, -0.05) is 13.0 Å². The summed E-state index contributed by atoms with van der Waals surface area (Å²) in [5.74, 6) is -0.202. The van der Waals surface area contributed by atoms with E-state index in [1.165, 1.54) is 11.1 Å². The van der Waals surface area contributed by atoms with Gasteiger partial charge in [-0.15, -0.1) is 0 Å². The fraction of sp³-hybridized carbons (Fsp3) is 0.632. The van der Waals surface area contributed by atoms with Crippen molar-refractivity contribution in [3.8, 4) is 0 Å². The molecule has 10 heteroatoms. The van der Waals surface area contributed by atoms with Crippen LogP contribution in [-0.2, 0) is 23.8 Å². The number of nitrogens with one attached hydrogen (secondary N) is 1. The molecule has 0 aliphatic carbocycles. The summed E-state index contributed by atoms with van der Waals surface area (Å²) in [4.78, 5) is 29.9. The quantitative estimate of drug-likeness (QED) is 0.598. The molecule has 1 aromatic rings. The number of alkyl carbamates (subject to hydrolysis) is 1. The van der Waals surface area contributed by atoms with Crippen LogP contribution in [0.15, 0.2) is 18.3 Å². The predicted octanol–water partition coefficient (Wildman–Crippen LogP) is 2.17. The van der Waals surface area contributed by atoms with Gasteiger partial charge in [0, 0.05) is 25.7 Å². The number of aryl methyl sites for hydroxylation is 1. The summed E-state index contributed by atoms with van der Waals surface area (Å²) in [7, 11) is -3.79. The van der Waals surface area contributed by atoms with E-state index < -0.39 is 27.9 Å². The highest BCUT2D eigenvalue weighted by atomic mass is 32.2. The molecule has 1 heterocycles. The van der Waals surface area contributed by atoms with Crippen LogP contribution < -0.4 is 5.32 Å². The molecule has 0 fully saturated rings. The Morgan fingerprint density at radius 2 is 1.97 bits per heavy atom. The fourth-order valence-electron chi connectivity index (χ4n) is 2.56. The molecule has 0 radical (unpaired) electrons. The van der Waals surface area contributed by atoms with Crippen LogP contribution in [0.3, 0.4) is 0 Å². The molecule has 0 saturated carbocycles. The molecule has 1 atom stereocenters. The summed E-state index contributed by atoms with van der Waals surface area (Å²) in [6, 6.07) is 3.52. The summed E-state index contributed by atoms with van der Waals surface area (Å²) < 4.78 is 33.9. The van der Waals surface area contributed by atoms with E-state index in [4.69, 9.17) is 8.92 Å². The van der Waals surface area contributed by atoms with Gasteiger partial charge in [0.2, 0.25) is 5.91 Å². The van der Waals surface area contributed by atoms with Gasteiger partial charge in [-0.3, -0.25) is 14.0 Å². The van der Waals surface area contributed by atoms with Crippen molar-refractivity contribution in [3.63, 3.8) is 0 Å². The molecule has 0 aliphatic heterocycles. The second-order valence-electron chi connectivity index (χ2n) is 7.62. The zero-order chi connectivity index (χ0) is 22.2. The predicted molar refractivity (Wildman–Crippen MR) is 109 cm³/mol. The number of hydrogen-bond donors (Lipinski definition) is 1. The van der Waals surface area contributed by atoms with Crippen molar-refractivity contribution < 1.29 is 26.9 Å². The minimum Gasteiger partial charge on any atom is -0.444 e. The van der Waals surface area contributed by atoms with E-state index >= 15 is 0 Å². The van der Waals surface area contributed by atoms with Gasteiger partial charge in [0.05, 0.1) is 18.5 Å². The van der Waals surface area contributed by atoms with Gasteiger partial charge in [-0.2, -0.15) is 8.42 Å². The van der Waals surface area contributed by atoms with Crippen molar-refractivity contribution in [2.45, 2.75) is 52.7 Å². The number of amides is 2. The molecule has 0 aliphatic rings. The zero-order valence-electron chi connectivity index (χ0n) is 17.9. The van der Waals surface area contributed by atoms with Crippen LogP contribution in [0.2, 0.25) is 0 Å². The average molecular weight is 430 g/mol. The number of aromatic nitrogens is 1. The van der Waals surface area contributed by atoms with E-state index in [0.717, 1.165) is 11.8 Å². The van der Waals surface area contributed by atoms with Crippen LogP contribution in [0.1, 0.15) is 51.5 Å². The minimum atomic E-state index is -3.79. The van der Waals surface area contributed by atoms with E-state index in [-0.39, 0.29) is 32.0 Å². The Hall–Kier alpha value is -2.20. The van der Waals surface area contributed by atoms with Crippen molar-refractivity contribution in [2.24, 2.45) is 0 Å². The molecular formula is C19H31N3O6S.